The zero-order valence-electron chi connectivity index (χ0n) is 11.5. The summed E-state index contributed by atoms with van der Waals surface area (Å²) in [5, 5.41) is 3.43. The smallest absolute Gasteiger partial charge is 0.0753 e. The molecule has 0 bridgehead atoms. The summed E-state index contributed by atoms with van der Waals surface area (Å²) in [5.74, 6) is 0.689. The van der Waals surface area contributed by atoms with Crippen molar-refractivity contribution < 1.29 is 4.74 Å². The number of nitrogens with zero attached hydrogens (tertiary/aromatic N) is 1. The minimum absolute atomic E-state index is 0.0183. The molecule has 1 saturated heterocycles. The quantitative estimate of drug-likeness (QED) is 0.775. The maximum absolute atomic E-state index is 5.75. The first-order valence-electron chi connectivity index (χ1n) is 6.55. The molecule has 1 N–H and O–H groups in total. The van der Waals surface area contributed by atoms with Crippen molar-refractivity contribution in [2.45, 2.75) is 46.3 Å². The molecule has 1 heterocycles. The van der Waals surface area contributed by atoms with Gasteiger partial charge in [0.05, 0.1) is 12.2 Å². The summed E-state index contributed by atoms with van der Waals surface area (Å²) >= 11 is 0. The number of rotatable bonds is 5. The van der Waals surface area contributed by atoms with E-state index in [9.17, 15) is 0 Å². The summed E-state index contributed by atoms with van der Waals surface area (Å²) in [4.78, 5) is 2.56. The largest absolute Gasteiger partial charge is 0.373 e. The van der Waals surface area contributed by atoms with Gasteiger partial charge in [-0.15, -0.1) is 0 Å². The molecule has 1 aliphatic rings. The molecule has 3 nitrogen and oxygen atoms in total. The molecule has 16 heavy (non-hydrogen) atoms. The first-order chi connectivity index (χ1) is 7.46. The molecule has 3 heteroatoms. The topological polar surface area (TPSA) is 24.5 Å². The van der Waals surface area contributed by atoms with E-state index in [1.165, 1.54) is 0 Å². The second-order valence-corrected chi connectivity index (χ2v) is 5.60. The van der Waals surface area contributed by atoms with Crippen LogP contribution in [0.3, 0.4) is 0 Å². The van der Waals surface area contributed by atoms with E-state index in [1.54, 1.807) is 0 Å². The van der Waals surface area contributed by atoms with Gasteiger partial charge in [-0.3, -0.25) is 4.90 Å². The lowest BCUT2D eigenvalue weighted by Crippen LogP contribution is -2.53. The van der Waals surface area contributed by atoms with E-state index < -0.39 is 0 Å². The summed E-state index contributed by atoms with van der Waals surface area (Å²) in [7, 11) is 0. The lowest BCUT2D eigenvalue weighted by molar-refractivity contribution is -0.0999. The van der Waals surface area contributed by atoms with Gasteiger partial charge in [-0.05, 0) is 39.8 Å². The van der Waals surface area contributed by atoms with Gasteiger partial charge in [0.15, 0.2) is 0 Å². The molecular formula is C13H28N2O. The Kier molecular flexibility index (Phi) is 5.22. The molecule has 2 unspecified atom stereocenters. The van der Waals surface area contributed by atoms with Crippen molar-refractivity contribution in [1.82, 2.24) is 10.2 Å². The average molecular weight is 228 g/mol. The predicted octanol–water partition coefficient (Wildman–Crippen LogP) is 1.73. The summed E-state index contributed by atoms with van der Waals surface area (Å²) in [5.41, 5.74) is 0.0183. The highest BCUT2D eigenvalue weighted by Crippen LogP contribution is 2.21. The zero-order chi connectivity index (χ0) is 12.2. The molecule has 96 valence electrons. The van der Waals surface area contributed by atoms with E-state index in [0.29, 0.717) is 12.0 Å². The maximum atomic E-state index is 5.75. The van der Waals surface area contributed by atoms with Crippen LogP contribution in [-0.4, -0.2) is 49.3 Å². The lowest BCUT2D eigenvalue weighted by atomic mass is 9.98. The molecule has 1 aliphatic heterocycles. The van der Waals surface area contributed by atoms with Crippen molar-refractivity contribution in [1.29, 1.82) is 0 Å². The van der Waals surface area contributed by atoms with Gasteiger partial charge in [0, 0.05) is 19.1 Å². The number of ether oxygens (including phenoxy) is 1. The van der Waals surface area contributed by atoms with Gasteiger partial charge >= 0.3 is 0 Å². The van der Waals surface area contributed by atoms with Crippen LogP contribution >= 0.6 is 0 Å². The van der Waals surface area contributed by atoms with Crippen molar-refractivity contribution in [2.24, 2.45) is 5.92 Å². The molecule has 0 spiro atoms. The monoisotopic (exact) mass is 228 g/mol. The molecule has 0 aromatic carbocycles. The summed E-state index contributed by atoms with van der Waals surface area (Å²) in [6.45, 7) is 16.3. The van der Waals surface area contributed by atoms with Crippen LogP contribution in [0.1, 0.15) is 34.6 Å². The Bertz CT molecular complexity index is 206. The third-order valence-corrected chi connectivity index (χ3v) is 3.57. The van der Waals surface area contributed by atoms with Crippen molar-refractivity contribution >= 4 is 0 Å². The van der Waals surface area contributed by atoms with Crippen molar-refractivity contribution in [2.75, 3.05) is 32.8 Å². The van der Waals surface area contributed by atoms with Crippen LogP contribution in [0.4, 0.5) is 0 Å². The predicted molar refractivity (Wildman–Crippen MR) is 68.8 cm³/mol. The standard InChI is InChI=1S/C13H28N2O/c1-6-14-9-11(2)12(3)15-7-8-16-13(4,5)10-15/h11-12,14H,6-10H2,1-5H3. The molecular weight excluding hydrogens is 200 g/mol. The van der Waals surface area contributed by atoms with Crippen LogP contribution in [0, 0.1) is 5.92 Å². The molecule has 0 radical (unpaired) electrons. The first kappa shape index (κ1) is 13.9. The summed E-state index contributed by atoms with van der Waals surface area (Å²) in [6, 6.07) is 0.627. The highest BCUT2D eigenvalue weighted by atomic mass is 16.5. The van der Waals surface area contributed by atoms with E-state index in [1.807, 2.05) is 0 Å². The Morgan fingerprint density at radius 2 is 2.06 bits per heavy atom. The van der Waals surface area contributed by atoms with Crippen LogP contribution in [0.15, 0.2) is 0 Å². The van der Waals surface area contributed by atoms with Gasteiger partial charge in [0.25, 0.3) is 0 Å². The van der Waals surface area contributed by atoms with Crippen molar-refractivity contribution in [3.05, 3.63) is 0 Å². The van der Waals surface area contributed by atoms with Crippen molar-refractivity contribution in [3.8, 4) is 0 Å². The molecule has 0 aromatic heterocycles. The molecule has 1 fully saturated rings. The molecule has 0 aromatic rings. The highest BCUT2D eigenvalue weighted by Gasteiger charge is 2.31. The Morgan fingerprint density at radius 3 is 2.62 bits per heavy atom. The van der Waals surface area contributed by atoms with Crippen LogP contribution in [0.2, 0.25) is 0 Å². The average Bonchev–Trinajstić information content (AvgIpc) is 2.23. The first-order valence-corrected chi connectivity index (χ1v) is 6.55. The van der Waals surface area contributed by atoms with E-state index in [-0.39, 0.29) is 5.60 Å². The lowest BCUT2D eigenvalue weighted by Gasteiger charge is -2.43. The van der Waals surface area contributed by atoms with Crippen LogP contribution in [-0.2, 0) is 4.74 Å². The Labute approximate surface area is 101 Å². The second kappa shape index (κ2) is 5.99. The number of hydrogen-bond acceptors (Lipinski definition) is 3. The number of hydrogen-bond donors (Lipinski definition) is 1. The SMILES string of the molecule is CCNCC(C)C(C)N1CCOC(C)(C)C1. The third-order valence-electron chi connectivity index (χ3n) is 3.57. The number of nitrogens with one attached hydrogen (secondary N) is 1. The fraction of sp³-hybridized carbons (Fsp3) is 1.00. The zero-order valence-corrected chi connectivity index (χ0v) is 11.5. The minimum Gasteiger partial charge on any atom is -0.373 e. The molecule has 0 aliphatic carbocycles. The van der Waals surface area contributed by atoms with Gasteiger partial charge in [-0.25, -0.2) is 0 Å². The fourth-order valence-corrected chi connectivity index (χ4v) is 2.30. The minimum atomic E-state index is 0.0183. The van der Waals surface area contributed by atoms with Crippen LogP contribution in [0.5, 0.6) is 0 Å². The fourth-order valence-electron chi connectivity index (χ4n) is 2.30. The third kappa shape index (κ3) is 4.04. The van der Waals surface area contributed by atoms with E-state index >= 15 is 0 Å². The Morgan fingerprint density at radius 1 is 1.38 bits per heavy atom. The molecule has 0 amide bonds. The molecule has 1 rings (SSSR count). The summed E-state index contributed by atoms with van der Waals surface area (Å²) in [6.07, 6.45) is 0. The van der Waals surface area contributed by atoms with Gasteiger partial charge in [0.2, 0.25) is 0 Å². The van der Waals surface area contributed by atoms with Crippen molar-refractivity contribution in [3.63, 3.8) is 0 Å². The van der Waals surface area contributed by atoms with Gasteiger partial charge < -0.3 is 10.1 Å². The van der Waals surface area contributed by atoms with Gasteiger partial charge in [-0.1, -0.05) is 13.8 Å². The van der Waals surface area contributed by atoms with Crippen LogP contribution < -0.4 is 5.32 Å². The molecule has 0 saturated carbocycles. The number of morpholine rings is 1. The van der Waals surface area contributed by atoms with E-state index in [2.05, 4.69) is 44.8 Å². The Balaban J connectivity index is 2.43. The summed E-state index contributed by atoms with van der Waals surface area (Å²) < 4.78 is 5.75. The van der Waals surface area contributed by atoms with E-state index in [0.717, 1.165) is 32.8 Å². The van der Waals surface area contributed by atoms with Gasteiger partial charge in [0.1, 0.15) is 0 Å². The highest BCUT2D eigenvalue weighted by molar-refractivity contribution is 4.84. The second-order valence-electron chi connectivity index (χ2n) is 5.60. The normalized spacial score (nSPS) is 25.3. The maximum Gasteiger partial charge on any atom is 0.0753 e. The van der Waals surface area contributed by atoms with Gasteiger partial charge in [-0.2, -0.15) is 0 Å². The van der Waals surface area contributed by atoms with Crippen LogP contribution in [0.25, 0.3) is 0 Å². The van der Waals surface area contributed by atoms with E-state index in [4.69, 9.17) is 4.74 Å². The molecule has 2 atom stereocenters. The Hall–Kier alpha value is -0.120.